The molecule has 0 spiro atoms. The number of Topliss-reactive ketones (excluding diaryl/α,β-unsaturated/α-hetero) is 1. The Kier molecular flexibility index (Phi) is 6.85. The molecule has 1 aliphatic heterocycles. The third-order valence-electron chi connectivity index (χ3n) is 6.90. The van der Waals surface area contributed by atoms with Crippen molar-refractivity contribution in [3.8, 4) is 5.75 Å². The number of ether oxygens (including phenoxy) is 1. The predicted molar refractivity (Wildman–Crippen MR) is 140 cm³/mol. The molecule has 184 valence electrons. The minimum absolute atomic E-state index is 0.116. The molecule has 0 saturated carbocycles. The first kappa shape index (κ1) is 23.8. The molecule has 2 aliphatic rings. The first-order chi connectivity index (χ1) is 17.5. The highest BCUT2D eigenvalue weighted by Gasteiger charge is 2.26. The maximum Gasteiger partial charge on any atom is 0.270 e. The summed E-state index contributed by atoms with van der Waals surface area (Å²) in [5.74, 6) is 0.432. The van der Waals surface area contributed by atoms with Crippen LogP contribution in [0.1, 0.15) is 65.3 Å². The molecule has 6 heteroatoms. The highest BCUT2D eigenvalue weighted by atomic mass is 16.5. The first-order valence-electron chi connectivity index (χ1n) is 12.6. The quantitative estimate of drug-likeness (QED) is 0.483. The van der Waals surface area contributed by atoms with Crippen LogP contribution < -0.4 is 15.0 Å². The van der Waals surface area contributed by atoms with E-state index in [9.17, 15) is 14.4 Å². The predicted octanol–water partition coefficient (Wildman–Crippen LogP) is 5.79. The van der Waals surface area contributed by atoms with Crippen LogP contribution in [0.5, 0.6) is 5.75 Å². The van der Waals surface area contributed by atoms with Crippen LogP contribution in [0.4, 0.5) is 11.4 Å². The van der Waals surface area contributed by atoms with Gasteiger partial charge in [-0.15, -0.1) is 0 Å². The minimum Gasteiger partial charge on any atom is -0.476 e. The van der Waals surface area contributed by atoms with Crippen molar-refractivity contribution in [3.63, 3.8) is 0 Å². The van der Waals surface area contributed by atoms with E-state index < -0.39 is 6.10 Å². The highest BCUT2D eigenvalue weighted by molar-refractivity contribution is 5.99. The van der Waals surface area contributed by atoms with Gasteiger partial charge < -0.3 is 15.0 Å². The third-order valence-corrected chi connectivity index (χ3v) is 6.90. The van der Waals surface area contributed by atoms with Crippen molar-refractivity contribution in [3.05, 3.63) is 89.0 Å². The summed E-state index contributed by atoms with van der Waals surface area (Å²) in [4.78, 5) is 40.0. The largest absolute Gasteiger partial charge is 0.476 e. The van der Waals surface area contributed by atoms with Crippen LogP contribution in [0.2, 0.25) is 0 Å². The van der Waals surface area contributed by atoms with Gasteiger partial charge in [0.1, 0.15) is 5.75 Å². The van der Waals surface area contributed by atoms with Crippen molar-refractivity contribution in [2.75, 3.05) is 16.8 Å². The summed E-state index contributed by atoms with van der Waals surface area (Å²) >= 11 is 0. The van der Waals surface area contributed by atoms with E-state index in [2.05, 4.69) is 5.32 Å². The molecule has 0 aromatic heterocycles. The van der Waals surface area contributed by atoms with Gasteiger partial charge in [0, 0.05) is 41.9 Å². The average Bonchev–Trinajstić information content (AvgIpc) is 2.89. The van der Waals surface area contributed by atoms with Crippen LogP contribution >= 0.6 is 0 Å². The summed E-state index contributed by atoms with van der Waals surface area (Å²) in [5, 5.41) is 2.98. The monoisotopic (exact) mass is 482 g/mol. The van der Waals surface area contributed by atoms with Gasteiger partial charge in [0.2, 0.25) is 12.0 Å². The van der Waals surface area contributed by atoms with Gasteiger partial charge in [0.05, 0.1) is 0 Å². The van der Waals surface area contributed by atoms with Crippen molar-refractivity contribution in [2.24, 2.45) is 0 Å². The second kappa shape index (κ2) is 10.4. The molecule has 3 aromatic carbocycles. The molecule has 1 N–H and O–H groups in total. The standard InChI is InChI=1S/C30H30N2O4/c1-20-18-23(14-16-26(20)32-17-6-5-12-28(32)34)31-30(35)29(22-8-3-2-4-9-22)36-24-15-13-21-10-7-11-27(33)25(21)19-24/h2-4,8-9,13-16,18-19,29H,5-7,10-12,17H2,1H3,(H,31,35). The molecule has 0 radical (unpaired) electrons. The number of nitrogens with zero attached hydrogens (tertiary/aromatic N) is 1. The maximum atomic E-state index is 13.5. The molecule has 1 atom stereocenters. The van der Waals surface area contributed by atoms with Crippen LogP contribution in [0.15, 0.2) is 66.7 Å². The van der Waals surface area contributed by atoms with Crippen LogP contribution in [-0.2, 0) is 16.0 Å². The molecule has 1 saturated heterocycles. The van der Waals surface area contributed by atoms with Crippen LogP contribution in [0, 0.1) is 6.92 Å². The molecule has 1 fully saturated rings. The Hall–Kier alpha value is -3.93. The van der Waals surface area contributed by atoms with E-state index in [1.807, 2.05) is 72.5 Å². The SMILES string of the molecule is Cc1cc(NC(=O)C(Oc2ccc3c(c2)C(=O)CCC3)c2ccccc2)ccc1N1CCCCC1=O. The van der Waals surface area contributed by atoms with Crippen molar-refractivity contribution in [1.29, 1.82) is 0 Å². The zero-order valence-corrected chi connectivity index (χ0v) is 20.5. The summed E-state index contributed by atoms with van der Waals surface area (Å²) < 4.78 is 6.20. The van der Waals surface area contributed by atoms with Gasteiger partial charge in [-0.25, -0.2) is 0 Å². The highest BCUT2D eigenvalue weighted by Crippen LogP contribution is 2.31. The molecule has 6 nitrogen and oxygen atoms in total. The molecule has 0 bridgehead atoms. The number of aryl methyl sites for hydroxylation is 2. The average molecular weight is 483 g/mol. The second-order valence-electron chi connectivity index (χ2n) is 9.50. The Bertz CT molecular complexity index is 1300. The molecule has 5 rings (SSSR count). The van der Waals surface area contributed by atoms with Crippen molar-refractivity contribution in [1.82, 2.24) is 0 Å². The smallest absolute Gasteiger partial charge is 0.270 e. The molecule has 36 heavy (non-hydrogen) atoms. The number of rotatable bonds is 6. The number of carbonyl (C=O) groups is 3. The zero-order valence-electron chi connectivity index (χ0n) is 20.5. The van der Waals surface area contributed by atoms with Crippen LogP contribution in [0.25, 0.3) is 0 Å². The van der Waals surface area contributed by atoms with E-state index in [0.29, 0.717) is 35.4 Å². The van der Waals surface area contributed by atoms with Crippen molar-refractivity contribution in [2.45, 2.75) is 51.6 Å². The molecular weight excluding hydrogens is 452 g/mol. The number of fused-ring (bicyclic) bond motifs is 1. The number of anilines is 2. The van der Waals surface area contributed by atoms with Gasteiger partial charge in [0.15, 0.2) is 5.78 Å². The topological polar surface area (TPSA) is 75.7 Å². The van der Waals surface area contributed by atoms with Gasteiger partial charge >= 0.3 is 0 Å². The van der Waals surface area contributed by atoms with E-state index in [4.69, 9.17) is 4.74 Å². The van der Waals surface area contributed by atoms with Crippen molar-refractivity contribution >= 4 is 29.0 Å². The van der Waals surface area contributed by atoms with E-state index in [-0.39, 0.29) is 17.6 Å². The number of ketones is 1. The van der Waals surface area contributed by atoms with E-state index in [1.54, 1.807) is 6.07 Å². The number of hydrogen-bond acceptors (Lipinski definition) is 4. The molecule has 1 heterocycles. The maximum absolute atomic E-state index is 13.5. The fourth-order valence-corrected chi connectivity index (χ4v) is 5.02. The Labute approximate surface area is 211 Å². The van der Waals surface area contributed by atoms with Crippen molar-refractivity contribution < 1.29 is 19.1 Å². The lowest BCUT2D eigenvalue weighted by Crippen LogP contribution is -2.35. The van der Waals surface area contributed by atoms with E-state index >= 15 is 0 Å². The Balaban J connectivity index is 1.38. The summed E-state index contributed by atoms with van der Waals surface area (Å²) in [6.07, 6.45) is 3.88. The van der Waals surface area contributed by atoms with Crippen LogP contribution in [0.3, 0.4) is 0 Å². The van der Waals surface area contributed by atoms with Gasteiger partial charge in [-0.1, -0.05) is 36.4 Å². The minimum atomic E-state index is -0.897. The van der Waals surface area contributed by atoms with Crippen LogP contribution in [-0.4, -0.2) is 24.1 Å². The fourth-order valence-electron chi connectivity index (χ4n) is 5.02. The fraction of sp³-hybridized carbons (Fsp3) is 0.300. The molecule has 1 aliphatic carbocycles. The summed E-state index contributed by atoms with van der Waals surface area (Å²) in [6.45, 7) is 2.67. The summed E-state index contributed by atoms with van der Waals surface area (Å²) in [7, 11) is 0. The van der Waals surface area contributed by atoms with E-state index in [1.165, 1.54) is 0 Å². The van der Waals surface area contributed by atoms with Gasteiger partial charge in [-0.2, -0.15) is 0 Å². The Morgan fingerprint density at radius 2 is 1.75 bits per heavy atom. The lowest BCUT2D eigenvalue weighted by atomic mass is 9.90. The summed E-state index contributed by atoms with van der Waals surface area (Å²) in [6, 6.07) is 20.4. The number of hydrogen-bond donors (Lipinski definition) is 1. The van der Waals surface area contributed by atoms with E-state index in [0.717, 1.165) is 49.0 Å². The number of nitrogens with one attached hydrogen (secondary N) is 1. The first-order valence-corrected chi connectivity index (χ1v) is 12.6. The molecule has 3 aromatic rings. The number of benzene rings is 3. The Morgan fingerprint density at radius 3 is 2.53 bits per heavy atom. The Morgan fingerprint density at radius 1 is 0.917 bits per heavy atom. The molecular formula is C30H30N2O4. The molecule has 2 amide bonds. The lowest BCUT2D eigenvalue weighted by Gasteiger charge is -2.28. The normalized spacial score (nSPS) is 16.3. The number of piperidine rings is 1. The zero-order chi connectivity index (χ0) is 25.1. The molecule has 1 unspecified atom stereocenters. The van der Waals surface area contributed by atoms with Gasteiger partial charge in [-0.05, 0) is 74.1 Å². The van der Waals surface area contributed by atoms with Gasteiger partial charge in [0.25, 0.3) is 5.91 Å². The number of carbonyl (C=O) groups excluding carboxylic acids is 3. The second-order valence-corrected chi connectivity index (χ2v) is 9.50. The lowest BCUT2D eigenvalue weighted by molar-refractivity contribution is -0.123. The van der Waals surface area contributed by atoms with Gasteiger partial charge in [-0.3, -0.25) is 14.4 Å². The third kappa shape index (κ3) is 5.03. The number of amides is 2. The summed E-state index contributed by atoms with van der Waals surface area (Å²) in [5.41, 5.74) is 4.87.